The molecule has 0 aromatic heterocycles. The van der Waals surface area contributed by atoms with E-state index in [4.69, 9.17) is 0 Å². The summed E-state index contributed by atoms with van der Waals surface area (Å²) in [6.07, 6.45) is 2.88. The van der Waals surface area contributed by atoms with Gasteiger partial charge in [0.2, 0.25) is 0 Å². The molecule has 0 heterocycles. The molecule has 1 unspecified atom stereocenters. The summed E-state index contributed by atoms with van der Waals surface area (Å²) in [5.41, 5.74) is -0.0457. The van der Waals surface area contributed by atoms with Crippen LogP contribution in [-0.4, -0.2) is 11.1 Å². The molecule has 2 heteroatoms. The molecule has 15 heavy (non-hydrogen) atoms. The van der Waals surface area contributed by atoms with E-state index in [0.717, 1.165) is 24.8 Å². The lowest BCUT2D eigenvalue weighted by molar-refractivity contribution is -0.153. The number of hydrogen-bond acceptors (Lipinski definition) is 1. The predicted octanol–water partition coefficient (Wildman–Crippen LogP) is 3.65. The molecule has 0 spiro atoms. The van der Waals surface area contributed by atoms with Crippen molar-refractivity contribution in [1.29, 1.82) is 0 Å². The summed E-state index contributed by atoms with van der Waals surface area (Å²) in [5.74, 6) is -0.734. The fourth-order valence-corrected chi connectivity index (χ4v) is 2.16. The van der Waals surface area contributed by atoms with Crippen LogP contribution in [0.1, 0.15) is 40.0 Å². The molecular formula is C13H22O2. The van der Waals surface area contributed by atoms with Crippen molar-refractivity contribution in [3.05, 3.63) is 25.3 Å². The molecule has 1 aliphatic carbocycles. The molecule has 0 aliphatic heterocycles. The fraction of sp³-hybridized carbons (Fsp3) is 0.615. The van der Waals surface area contributed by atoms with E-state index < -0.39 is 11.4 Å². The van der Waals surface area contributed by atoms with Crippen molar-refractivity contribution in [3.63, 3.8) is 0 Å². The van der Waals surface area contributed by atoms with Gasteiger partial charge in [-0.2, -0.15) is 0 Å². The summed E-state index contributed by atoms with van der Waals surface area (Å²) in [4.78, 5) is 11.2. The number of rotatable bonds is 1. The SMILES string of the molecule is C=C.C=C1CCCC(C)(C)C1(C)C(=O)O. The van der Waals surface area contributed by atoms with Crippen LogP contribution in [0.2, 0.25) is 0 Å². The first kappa shape index (κ1) is 13.9. The number of aliphatic carboxylic acids is 1. The summed E-state index contributed by atoms with van der Waals surface area (Å²) in [6, 6.07) is 0. The quantitative estimate of drug-likeness (QED) is 0.671. The van der Waals surface area contributed by atoms with Crippen molar-refractivity contribution >= 4 is 5.97 Å². The first-order valence-electron chi connectivity index (χ1n) is 5.24. The van der Waals surface area contributed by atoms with Crippen molar-refractivity contribution in [1.82, 2.24) is 0 Å². The van der Waals surface area contributed by atoms with Gasteiger partial charge in [-0.25, -0.2) is 0 Å². The molecule has 1 rings (SSSR count). The highest BCUT2D eigenvalue weighted by Crippen LogP contribution is 2.52. The average molecular weight is 210 g/mol. The van der Waals surface area contributed by atoms with E-state index in [1.54, 1.807) is 6.92 Å². The molecule has 0 aromatic carbocycles. The van der Waals surface area contributed by atoms with Crippen molar-refractivity contribution < 1.29 is 9.90 Å². The van der Waals surface area contributed by atoms with Gasteiger partial charge in [0.15, 0.2) is 0 Å². The molecule has 1 saturated carbocycles. The van der Waals surface area contributed by atoms with Crippen molar-refractivity contribution in [3.8, 4) is 0 Å². The second-order valence-corrected chi connectivity index (χ2v) is 4.77. The third kappa shape index (κ3) is 2.14. The van der Waals surface area contributed by atoms with E-state index in [0.29, 0.717) is 0 Å². The molecule has 0 bridgehead atoms. The van der Waals surface area contributed by atoms with Crippen LogP contribution in [0.3, 0.4) is 0 Å². The second kappa shape index (κ2) is 4.65. The van der Waals surface area contributed by atoms with Gasteiger partial charge in [0.05, 0.1) is 5.41 Å². The van der Waals surface area contributed by atoms with E-state index in [2.05, 4.69) is 19.7 Å². The minimum atomic E-state index is -0.745. The third-order valence-corrected chi connectivity index (χ3v) is 3.77. The normalized spacial score (nSPS) is 28.9. The van der Waals surface area contributed by atoms with Crippen LogP contribution in [0.25, 0.3) is 0 Å². The number of carboxylic acids is 1. The summed E-state index contributed by atoms with van der Waals surface area (Å²) in [7, 11) is 0. The summed E-state index contributed by atoms with van der Waals surface area (Å²) >= 11 is 0. The molecule has 1 N–H and O–H groups in total. The first-order valence-corrected chi connectivity index (χ1v) is 5.24. The van der Waals surface area contributed by atoms with Gasteiger partial charge in [-0.3, -0.25) is 4.79 Å². The van der Waals surface area contributed by atoms with Gasteiger partial charge < -0.3 is 5.11 Å². The lowest BCUT2D eigenvalue weighted by Crippen LogP contribution is -2.45. The van der Waals surface area contributed by atoms with E-state index >= 15 is 0 Å². The fourth-order valence-electron chi connectivity index (χ4n) is 2.16. The van der Waals surface area contributed by atoms with Gasteiger partial charge in [0.1, 0.15) is 0 Å². The largest absolute Gasteiger partial charge is 0.481 e. The zero-order valence-corrected chi connectivity index (χ0v) is 10.1. The zero-order chi connectivity index (χ0) is 12.3. The average Bonchev–Trinajstić information content (AvgIpc) is 2.16. The van der Waals surface area contributed by atoms with Crippen LogP contribution in [0.4, 0.5) is 0 Å². The Morgan fingerprint density at radius 2 is 1.80 bits per heavy atom. The molecule has 1 atom stereocenters. The summed E-state index contributed by atoms with van der Waals surface area (Å²) in [6.45, 7) is 15.7. The minimum absolute atomic E-state index is 0.172. The molecule has 0 aromatic rings. The van der Waals surface area contributed by atoms with E-state index in [-0.39, 0.29) is 5.41 Å². The van der Waals surface area contributed by atoms with Gasteiger partial charge in [-0.1, -0.05) is 26.0 Å². The Morgan fingerprint density at radius 1 is 1.33 bits per heavy atom. The molecule has 2 nitrogen and oxygen atoms in total. The van der Waals surface area contributed by atoms with Crippen LogP contribution >= 0.6 is 0 Å². The van der Waals surface area contributed by atoms with Crippen molar-refractivity contribution in [2.75, 3.05) is 0 Å². The Hall–Kier alpha value is -1.05. The summed E-state index contributed by atoms with van der Waals surface area (Å²) < 4.78 is 0. The smallest absolute Gasteiger partial charge is 0.314 e. The zero-order valence-electron chi connectivity index (χ0n) is 10.1. The maximum atomic E-state index is 11.2. The van der Waals surface area contributed by atoms with Crippen LogP contribution in [0.15, 0.2) is 25.3 Å². The highest BCUT2D eigenvalue weighted by molar-refractivity contribution is 5.79. The Labute approximate surface area is 92.7 Å². The molecule has 0 amide bonds. The Kier molecular flexibility index (Phi) is 4.32. The predicted molar refractivity (Wildman–Crippen MR) is 63.8 cm³/mol. The van der Waals surface area contributed by atoms with Gasteiger partial charge in [0.25, 0.3) is 0 Å². The lowest BCUT2D eigenvalue weighted by atomic mass is 9.57. The molecule has 0 radical (unpaired) electrons. The molecule has 0 saturated heterocycles. The van der Waals surface area contributed by atoms with Gasteiger partial charge in [-0.05, 0) is 31.6 Å². The Balaban J connectivity index is 0.000000921. The van der Waals surface area contributed by atoms with Crippen LogP contribution in [-0.2, 0) is 4.79 Å². The number of carbonyl (C=O) groups is 1. The van der Waals surface area contributed by atoms with E-state index in [9.17, 15) is 9.90 Å². The second-order valence-electron chi connectivity index (χ2n) is 4.77. The third-order valence-electron chi connectivity index (χ3n) is 3.77. The molecule has 86 valence electrons. The lowest BCUT2D eigenvalue weighted by Gasteiger charge is -2.46. The van der Waals surface area contributed by atoms with Crippen molar-refractivity contribution in [2.45, 2.75) is 40.0 Å². The molecular weight excluding hydrogens is 188 g/mol. The number of hydrogen-bond donors (Lipinski definition) is 1. The van der Waals surface area contributed by atoms with Gasteiger partial charge >= 0.3 is 5.97 Å². The minimum Gasteiger partial charge on any atom is -0.481 e. The monoisotopic (exact) mass is 210 g/mol. The highest BCUT2D eigenvalue weighted by Gasteiger charge is 2.50. The maximum Gasteiger partial charge on any atom is 0.314 e. The first-order chi connectivity index (χ1) is 6.82. The van der Waals surface area contributed by atoms with Gasteiger partial charge in [0, 0.05) is 0 Å². The van der Waals surface area contributed by atoms with Crippen LogP contribution in [0, 0.1) is 10.8 Å². The summed E-state index contributed by atoms with van der Waals surface area (Å²) in [5, 5.41) is 9.24. The van der Waals surface area contributed by atoms with Crippen molar-refractivity contribution in [2.24, 2.45) is 10.8 Å². The van der Waals surface area contributed by atoms with E-state index in [1.807, 2.05) is 13.8 Å². The topological polar surface area (TPSA) is 37.3 Å². The molecule has 1 fully saturated rings. The Morgan fingerprint density at radius 3 is 2.07 bits per heavy atom. The standard InChI is InChI=1S/C11H18O2.C2H4/c1-8-6-5-7-10(2,3)11(8,4)9(12)13;1-2/h1,5-7H2,2-4H3,(H,12,13);1-2H2. The van der Waals surface area contributed by atoms with Crippen LogP contribution < -0.4 is 0 Å². The number of carboxylic acid groups (broad SMARTS) is 1. The maximum absolute atomic E-state index is 11.2. The van der Waals surface area contributed by atoms with E-state index in [1.165, 1.54) is 0 Å². The van der Waals surface area contributed by atoms with Crippen LogP contribution in [0.5, 0.6) is 0 Å². The molecule has 1 aliphatic rings. The highest BCUT2D eigenvalue weighted by atomic mass is 16.4. The van der Waals surface area contributed by atoms with Gasteiger partial charge in [-0.15, -0.1) is 13.2 Å². The Bertz CT molecular complexity index is 266.